The van der Waals surface area contributed by atoms with Crippen LogP contribution in [0, 0.1) is 0 Å². The van der Waals surface area contributed by atoms with E-state index in [-0.39, 0.29) is 0 Å². The van der Waals surface area contributed by atoms with E-state index in [2.05, 4.69) is 18.7 Å². The second kappa shape index (κ2) is 7.20. The Morgan fingerprint density at radius 1 is 1.47 bits per heavy atom. The molecule has 3 heteroatoms. The summed E-state index contributed by atoms with van der Waals surface area (Å²) in [6.45, 7) is 8.44. The quantitative estimate of drug-likeness (QED) is 0.730. The van der Waals surface area contributed by atoms with E-state index in [1.54, 1.807) is 0 Å². The second-order valence-corrected chi connectivity index (χ2v) is 4.56. The molecule has 2 unspecified atom stereocenters. The summed E-state index contributed by atoms with van der Waals surface area (Å²) in [5.41, 5.74) is 6.10. The van der Waals surface area contributed by atoms with Crippen molar-refractivity contribution in [3.63, 3.8) is 0 Å². The van der Waals surface area contributed by atoms with E-state index in [0.29, 0.717) is 12.1 Å². The van der Waals surface area contributed by atoms with Gasteiger partial charge in [-0.3, -0.25) is 4.90 Å². The number of ether oxygens (including phenoxy) is 1. The fourth-order valence-electron chi connectivity index (χ4n) is 2.08. The highest BCUT2D eigenvalue weighted by molar-refractivity contribution is 4.74. The maximum Gasteiger partial charge on any atom is 0.0700 e. The Labute approximate surface area is 94.0 Å². The van der Waals surface area contributed by atoms with Crippen molar-refractivity contribution in [1.29, 1.82) is 0 Å². The third-order valence-electron chi connectivity index (χ3n) is 3.10. The third kappa shape index (κ3) is 4.96. The number of unbranched alkanes of at least 4 members (excludes halogenated alkanes) is 1. The molecule has 2 N–H and O–H groups in total. The number of hydrogen-bond donors (Lipinski definition) is 1. The SMILES string of the molecule is CCCCC(N)CN1CCOC(CC)C1. The lowest BCUT2D eigenvalue weighted by molar-refractivity contribution is -0.0313. The molecule has 0 aliphatic carbocycles. The molecule has 15 heavy (non-hydrogen) atoms. The van der Waals surface area contributed by atoms with Gasteiger partial charge < -0.3 is 10.5 Å². The Morgan fingerprint density at radius 2 is 2.27 bits per heavy atom. The average Bonchev–Trinajstić information content (AvgIpc) is 2.26. The van der Waals surface area contributed by atoms with E-state index in [4.69, 9.17) is 10.5 Å². The van der Waals surface area contributed by atoms with E-state index in [1.165, 1.54) is 12.8 Å². The van der Waals surface area contributed by atoms with Crippen LogP contribution in [0.5, 0.6) is 0 Å². The maximum absolute atomic E-state index is 6.10. The minimum atomic E-state index is 0.348. The monoisotopic (exact) mass is 214 g/mol. The lowest BCUT2D eigenvalue weighted by atomic mass is 10.1. The van der Waals surface area contributed by atoms with Crippen molar-refractivity contribution < 1.29 is 4.74 Å². The molecule has 0 amide bonds. The van der Waals surface area contributed by atoms with Crippen LogP contribution in [0.1, 0.15) is 39.5 Å². The molecule has 0 radical (unpaired) electrons. The van der Waals surface area contributed by atoms with Crippen LogP contribution in [0.25, 0.3) is 0 Å². The van der Waals surface area contributed by atoms with E-state index >= 15 is 0 Å². The zero-order valence-corrected chi connectivity index (χ0v) is 10.2. The molecule has 0 saturated carbocycles. The van der Waals surface area contributed by atoms with Crippen molar-refractivity contribution in [2.45, 2.75) is 51.7 Å². The summed E-state index contributed by atoms with van der Waals surface area (Å²) in [4.78, 5) is 2.46. The second-order valence-electron chi connectivity index (χ2n) is 4.56. The molecule has 0 aromatic rings. The van der Waals surface area contributed by atoms with Gasteiger partial charge in [0.2, 0.25) is 0 Å². The molecule has 0 spiro atoms. The van der Waals surface area contributed by atoms with Gasteiger partial charge in [0, 0.05) is 25.7 Å². The molecule has 1 rings (SSSR count). The molecular formula is C12H26N2O. The van der Waals surface area contributed by atoms with E-state index in [9.17, 15) is 0 Å². The van der Waals surface area contributed by atoms with Crippen molar-refractivity contribution in [3.05, 3.63) is 0 Å². The van der Waals surface area contributed by atoms with Crippen LogP contribution in [0.2, 0.25) is 0 Å². The normalized spacial score (nSPS) is 25.4. The summed E-state index contributed by atoms with van der Waals surface area (Å²) in [6.07, 6.45) is 5.19. The molecule has 3 nitrogen and oxygen atoms in total. The van der Waals surface area contributed by atoms with Crippen LogP contribution in [-0.4, -0.2) is 43.3 Å². The minimum Gasteiger partial charge on any atom is -0.376 e. The van der Waals surface area contributed by atoms with Gasteiger partial charge in [0.15, 0.2) is 0 Å². The first-order chi connectivity index (χ1) is 7.26. The Morgan fingerprint density at radius 3 is 2.93 bits per heavy atom. The fraction of sp³-hybridized carbons (Fsp3) is 1.00. The predicted molar refractivity (Wildman–Crippen MR) is 64.0 cm³/mol. The van der Waals surface area contributed by atoms with Crippen molar-refractivity contribution in [1.82, 2.24) is 4.90 Å². The van der Waals surface area contributed by atoms with E-state index in [0.717, 1.165) is 39.1 Å². The van der Waals surface area contributed by atoms with Crippen LogP contribution in [0.3, 0.4) is 0 Å². The highest BCUT2D eigenvalue weighted by atomic mass is 16.5. The zero-order chi connectivity index (χ0) is 11.1. The molecule has 90 valence electrons. The van der Waals surface area contributed by atoms with Gasteiger partial charge in [-0.25, -0.2) is 0 Å². The Kier molecular flexibility index (Phi) is 6.22. The van der Waals surface area contributed by atoms with Gasteiger partial charge in [-0.2, -0.15) is 0 Å². The highest BCUT2D eigenvalue weighted by Crippen LogP contribution is 2.09. The molecular weight excluding hydrogens is 188 g/mol. The third-order valence-corrected chi connectivity index (χ3v) is 3.10. The molecule has 1 aliphatic rings. The molecule has 1 fully saturated rings. The summed E-state index contributed by atoms with van der Waals surface area (Å²) in [6, 6.07) is 0.348. The molecule has 0 aromatic heterocycles. The van der Waals surface area contributed by atoms with Crippen LogP contribution in [0.4, 0.5) is 0 Å². The van der Waals surface area contributed by atoms with Gasteiger partial charge in [-0.15, -0.1) is 0 Å². The summed E-state index contributed by atoms with van der Waals surface area (Å²) in [5, 5.41) is 0. The molecule has 1 heterocycles. The molecule has 0 bridgehead atoms. The summed E-state index contributed by atoms with van der Waals surface area (Å²) < 4.78 is 5.64. The van der Waals surface area contributed by atoms with Crippen molar-refractivity contribution >= 4 is 0 Å². The zero-order valence-electron chi connectivity index (χ0n) is 10.2. The van der Waals surface area contributed by atoms with Crippen molar-refractivity contribution in [2.24, 2.45) is 5.73 Å². The van der Waals surface area contributed by atoms with Gasteiger partial charge in [-0.05, 0) is 12.8 Å². The lowest BCUT2D eigenvalue weighted by Crippen LogP contribution is -2.47. The Balaban J connectivity index is 2.19. The number of morpholine rings is 1. The molecule has 1 aliphatic heterocycles. The van der Waals surface area contributed by atoms with Crippen LogP contribution < -0.4 is 5.73 Å². The van der Waals surface area contributed by atoms with Gasteiger partial charge in [0.25, 0.3) is 0 Å². The number of rotatable bonds is 6. The van der Waals surface area contributed by atoms with Crippen LogP contribution >= 0.6 is 0 Å². The fourth-order valence-corrected chi connectivity index (χ4v) is 2.08. The van der Waals surface area contributed by atoms with Gasteiger partial charge in [-0.1, -0.05) is 26.7 Å². The topological polar surface area (TPSA) is 38.5 Å². The van der Waals surface area contributed by atoms with Crippen LogP contribution in [0.15, 0.2) is 0 Å². The maximum atomic E-state index is 6.10. The smallest absolute Gasteiger partial charge is 0.0700 e. The van der Waals surface area contributed by atoms with Crippen molar-refractivity contribution in [2.75, 3.05) is 26.2 Å². The van der Waals surface area contributed by atoms with Crippen LogP contribution in [-0.2, 0) is 4.74 Å². The van der Waals surface area contributed by atoms with E-state index in [1.807, 2.05) is 0 Å². The summed E-state index contributed by atoms with van der Waals surface area (Å²) >= 11 is 0. The predicted octanol–water partition coefficient (Wildman–Crippen LogP) is 1.61. The number of nitrogens with two attached hydrogens (primary N) is 1. The molecule has 2 atom stereocenters. The highest BCUT2D eigenvalue weighted by Gasteiger charge is 2.20. The Bertz CT molecular complexity index is 164. The van der Waals surface area contributed by atoms with Gasteiger partial charge in [0.1, 0.15) is 0 Å². The first-order valence-corrected chi connectivity index (χ1v) is 6.35. The standard InChI is InChI=1S/C12H26N2O/c1-3-5-6-11(13)9-14-7-8-15-12(4-2)10-14/h11-12H,3-10,13H2,1-2H3. The minimum absolute atomic E-state index is 0.348. The first kappa shape index (κ1) is 12.9. The Hall–Kier alpha value is -0.120. The first-order valence-electron chi connectivity index (χ1n) is 6.35. The van der Waals surface area contributed by atoms with Gasteiger partial charge >= 0.3 is 0 Å². The lowest BCUT2D eigenvalue weighted by Gasteiger charge is -2.33. The molecule has 0 aromatic carbocycles. The molecule has 1 saturated heterocycles. The largest absolute Gasteiger partial charge is 0.376 e. The summed E-state index contributed by atoms with van der Waals surface area (Å²) in [7, 11) is 0. The summed E-state index contributed by atoms with van der Waals surface area (Å²) in [5.74, 6) is 0. The van der Waals surface area contributed by atoms with E-state index < -0.39 is 0 Å². The average molecular weight is 214 g/mol. The van der Waals surface area contributed by atoms with Gasteiger partial charge in [0.05, 0.1) is 12.7 Å². The number of nitrogens with zero attached hydrogens (tertiary/aromatic N) is 1. The van der Waals surface area contributed by atoms with Crippen molar-refractivity contribution in [3.8, 4) is 0 Å². The number of hydrogen-bond acceptors (Lipinski definition) is 3.